The number of hydrogen-bond acceptors (Lipinski definition) is 2. The predicted octanol–water partition coefficient (Wildman–Crippen LogP) is 2.20. The van der Waals surface area contributed by atoms with Crippen LogP contribution in [0, 0.1) is 0 Å². The molecule has 0 fully saturated rings. The zero-order chi connectivity index (χ0) is 9.68. The standard InChI is InChI=1S/C10H15ClN2/c11-9-5-4-8(10(13)7-9)3-1-2-6-12/h4-5,7H,1-3,6,12-13H2. The molecule has 1 rings (SSSR count). The Bertz CT molecular complexity index is 274. The Morgan fingerprint density at radius 2 is 2.00 bits per heavy atom. The first-order valence-corrected chi connectivity index (χ1v) is 4.86. The summed E-state index contributed by atoms with van der Waals surface area (Å²) in [4.78, 5) is 0. The molecule has 1 aromatic rings. The quantitative estimate of drug-likeness (QED) is 0.576. The van der Waals surface area contributed by atoms with E-state index in [0.29, 0.717) is 5.02 Å². The number of nitrogens with two attached hydrogens (primary N) is 2. The molecule has 2 nitrogen and oxygen atoms in total. The van der Waals surface area contributed by atoms with E-state index in [1.807, 2.05) is 12.1 Å². The van der Waals surface area contributed by atoms with Crippen molar-refractivity contribution < 1.29 is 0 Å². The van der Waals surface area contributed by atoms with Gasteiger partial charge in [-0.25, -0.2) is 0 Å². The lowest BCUT2D eigenvalue weighted by molar-refractivity contribution is 0.746. The SMILES string of the molecule is NCCCCc1ccc(Cl)cc1N. The third-order valence-corrected chi connectivity index (χ3v) is 2.24. The molecule has 13 heavy (non-hydrogen) atoms. The number of aryl methyl sites for hydroxylation is 1. The first kappa shape index (κ1) is 10.4. The maximum atomic E-state index is 5.79. The number of nitrogen functional groups attached to an aromatic ring is 1. The van der Waals surface area contributed by atoms with Gasteiger partial charge in [-0.2, -0.15) is 0 Å². The minimum Gasteiger partial charge on any atom is -0.398 e. The maximum Gasteiger partial charge on any atom is 0.0426 e. The minimum atomic E-state index is 0.695. The average Bonchev–Trinajstić information content (AvgIpc) is 2.09. The third kappa shape index (κ3) is 3.25. The van der Waals surface area contributed by atoms with E-state index in [1.54, 1.807) is 6.07 Å². The zero-order valence-electron chi connectivity index (χ0n) is 7.59. The fraction of sp³-hybridized carbons (Fsp3) is 0.400. The van der Waals surface area contributed by atoms with E-state index in [-0.39, 0.29) is 0 Å². The summed E-state index contributed by atoms with van der Waals surface area (Å²) in [5, 5.41) is 0.695. The molecule has 4 N–H and O–H groups in total. The van der Waals surface area contributed by atoms with Crippen molar-refractivity contribution in [3.63, 3.8) is 0 Å². The van der Waals surface area contributed by atoms with E-state index in [4.69, 9.17) is 23.1 Å². The summed E-state index contributed by atoms with van der Waals surface area (Å²) in [6.45, 7) is 0.744. The van der Waals surface area contributed by atoms with Crippen molar-refractivity contribution in [2.45, 2.75) is 19.3 Å². The van der Waals surface area contributed by atoms with Crippen molar-refractivity contribution in [2.75, 3.05) is 12.3 Å². The molecule has 0 bridgehead atoms. The Morgan fingerprint density at radius 3 is 2.62 bits per heavy atom. The summed E-state index contributed by atoms with van der Waals surface area (Å²) in [5.74, 6) is 0. The topological polar surface area (TPSA) is 52.0 Å². The summed E-state index contributed by atoms with van der Waals surface area (Å²) in [6, 6.07) is 5.64. The Hall–Kier alpha value is -0.730. The van der Waals surface area contributed by atoms with Crippen molar-refractivity contribution >= 4 is 17.3 Å². The van der Waals surface area contributed by atoms with Crippen molar-refractivity contribution in [3.8, 4) is 0 Å². The van der Waals surface area contributed by atoms with E-state index in [9.17, 15) is 0 Å². The van der Waals surface area contributed by atoms with Gasteiger partial charge in [0.15, 0.2) is 0 Å². The molecule has 0 saturated carbocycles. The lowest BCUT2D eigenvalue weighted by Crippen LogP contribution is -2.00. The van der Waals surface area contributed by atoms with Crippen LogP contribution in [0.4, 0.5) is 5.69 Å². The fourth-order valence-electron chi connectivity index (χ4n) is 1.25. The molecule has 0 saturated heterocycles. The van der Waals surface area contributed by atoms with Crippen molar-refractivity contribution in [1.29, 1.82) is 0 Å². The predicted molar refractivity (Wildman–Crippen MR) is 57.9 cm³/mol. The average molecular weight is 199 g/mol. The molecule has 0 atom stereocenters. The van der Waals surface area contributed by atoms with Gasteiger partial charge in [0.2, 0.25) is 0 Å². The van der Waals surface area contributed by atoms with Gasteiger partial charge >= 0.3 is 0 Å². The van der Waals surface area contributed by atoms with Crippen LogP contribution in [0.15, 0.2) is 18.2 Å². The van der Waals surface area contributed by atoms with Gasteiger partial charge < -0.3 is 11.5 Å². The molecule has 0 aliphatic heterocycles. The van der Waals surface area contributed by atoms with Crippen LogP contribution >= 0.6 is 11.6 Å². The van der Waals surface area contributed by atoms with E-state index in [0.717, 1.165) is 37.1 Å². The van der Waals surface area contributed by atoms with Gasteiger partial charge in [0.25, 0.3) is 0 Å². The lowest BCUT2D eigenvalue weighted by Gasteiger charge is -2.04. The van der Waals surface area contributed by atoms with Crippen LogP contribution in [-0.2, 0) is 6.42 Å². The summed E-state index contributed by atoms with van der Waals surface area (Å²) in [5.41, 5.74) is 13.1. The van der Waals surface area contributed by atoms with Crippen LogP contribution in [0.1, 0.15) is 18.4 Å². The molecule has 1 aromatic carbocycles. The fourth-order valence-corrected chi connectivity index (χ4v) is 1.43. The lowest BCUT2D eigenvalue weighted by atomic mass is 10.1. The Kier molecular flexibility index (Phi) is 4.06. The van der Waals surface area contributed by atoms with Gasteiger partial charge in [-0.1, -0.05) is 17.7 Å². The summed E-state index contributed by atoms with van der Waals surface area (Å²) < 4.78 is 0. The van der Waals surface area contributed by atoms with Crippen LogP contribution in [0.2, 0.25) is 5.02 Å². The number of rotatable bonds is 4. The molecule has 0 aliphatic carbocycles. The van der Waals surface area contributed by atoms with Crippen LogP contribution in [0.5, 0.6) is 0 Å². The highest BCUT2D eigenvalue weighted by Crippen LogP contribution is 2.19. The molecular formula is C10H15ClN2. The molecule has 72 valence electrons. The maximum absolute atomic E-state index is 5.79. The van der Waals surface area contributed by atoms with Gasteiger partial charge in [-0.15, -0.1) is 0 Å². The Labute approximate surface area is 83.9 Å². The molecule has 3 heteroatoms. The number of hydrogen-bond donors (Lipinski definition) is 2. The van der Waals surface area contributed by atoms with Gasteiger partial charge in [0, 0.05) is 10.7 Å². The smallest absolute Gasteiger partial charge is 0.0426 e. The second-order valence-electron chi connectivity index (χ2n) is 3.09. The van der Waals surface area contributed by atoms with E-state index >= 15 is 0 Å². The summed E-state index contributed by atoms with van der Waals surface area (Å²) >= 11 is 5.78. The Balaban J connectivity index is 2.56. The van der Waals surface area contributed by atoms with Crippen molar-refractivity contribution in [2.24, 2.45) is 5.73 Å². The van der Waals surface area contributed by atoms with E-state index in [1.165, 1.54) is 0 Å². The van der Waals surface area contributed by atoms with Crippen LogP contribution in [0.3, 0.4) is 0 Å². The van der Waals surface area contributed by atoms with Gasteiger partial charge in [-0.3, -0.25) is 0 Å². The second-order valence-corrected chi connectivity index (χ2v) is 3.53. The number of unbranched alkanes of at least 4 members (excludes halogenated alkanes) is 1. The molecule has 0 unspecified atom stereocenters. The highest BCUT2D eigenvalue weighted by atomic mass is 35.5. The van der Waals surface area contributed by atoms with Gasteiger partial charge in [-0.05, 0) is 43.5 Å². The normalized spacial score (nSPS) is 10.3. The Morgan fingerprint density at radius 1 is 1.23 bits per heavy atom. The number of halogens is 1. The highest BCUT2D eigenvalue weighted by Gasteiger charge is 1.99. The van der Waals surface area contributed by atoms with Crippen molar-refractivity contribution in [3.05, 3.63) is 28.8 Å². The van der Waals surface area contributed by atoms with Crippen molar-refractivity contribution in [1.82, 2.24) is 0 Å². The molecule has 0 aromatic heterocycles. The molecule has 0 amide bonds. The molecule has 0 radical (unpaired) electrons. The van der Waals surface area contributed by atoms with Crippen LogP contribution in [0.25, 0.3) is 0 Å². The van der Waals surface area contributed by atoms with Gasteiger partial charge in [0.05, 0.1) is 0 Å². The van der Waals surface area contributed by atoms with Crippen LogP contribution < -0.4 is 11.5 Å². The van der Waals surface area contributed by atoms with Crippen LogP contribution in [-0.4, -0.2) is 6.54 Å². The number of benzene rings is 1. The monoisotopic (exact) mass is 198 g/mol. The van der Waals surface area contributed by atoms with E-state index < -0.39 is 0 Å². The highest BCUT2D eigenvalue weighted by molar-refractivity contribution is 6.30. The summed E-state index contributed by atoms with van der Waals surface area (Å²) in [7, 11) is 0. The second kappa shape index (κ2) is 5.10. The van der Waals surface area contributed by atoms with E-state index in [2.05, 4.69) is 0 Å². The molecule has 0 heterocycles. The zero-order valence-corrected chi connectivity index (χ0v) is 8.35. The molecular weight excluding hydrogens is 184 g/mol. The summed E-state index contributed by atoms with van der Waals surface area (Å²) in [6.07, 6.45) is 3.12. The number of anilines is 1. The third-order valence-electron chi connectivity index (χ3n) is 2.01. The minimum absolute atomic E-state index is 0.695. The largest absolute Gasteiger partial charge is 0.398 e. The molecule has 0 aliphatic rings. The first-order chi connectivity index (χ1) is 6.24. The molecule has 0 spiro atoms. The van der Waals surface area contributed by atoms with Gasteiger partial charge in [0.1, 0.15) is 0 Å². The first-order valence-electron chi connectivity index (χ1n) is 4.48.